The second kappa shape index (κ2) is 21.6. The summed E-state index contributed by atoms with van der Waals surface area (Å²) in [5, 5.41) is 33.9. The first-order valence-electron chi connectivity index (χ1n) is 11.0. The molecule has 1 saturated heterocycles. The molecule has 9 heteroatoms. The van der Waals surface area contributed by atoms with Crippen LogP contribution in [0.4, 0.5) is 0 Å². The van der Waals surface area contributed by atoms with Gasteiger partial charge in [0.05, 0.1) is 11.9 Å². The van der Waals surface area contributed by atoms with Crippen LogP contribution in [0.3, 0.4) is 0 Å². The number of hydrogen-bond acceptors (Lipinski definition) is 8. The van der Waals surface area contributed by atoms with Crippen molar-refractivity contribution in [1.29, 1.82) is 0 Å². The van der Waals surface area contributed by atoms with Crippen molar-refractivity contribution in [3.05, 3.63) is 71.8 Å². The number of aromatic carboxylic acids is 2. The SMILES string of the molecule is C1CNCCNCCCNCCNC1.O=C([O-])c1ccccc1.O=C([O-])c1ccccc1.[Co+2]. The number of rotatable bonds is 2. The van der Waals surface area contributed by atoms with Crippen molar-refractivity contribution in [1.82, 2.24) is 21.3 Å². The van der Waals surface area contributed by atoms with Crippen molar-refractivity contribution in [3.63, 3.8) is 0 Å². The molecule has 0 saturated carbocycles. The molecule has 0 aliphatic carbocycles. The van der Waals surface area contributed by atoms with Crippen LogP contribution in [0.15, 0.2) is 60.7 Å². The summed E-state index contributed by atoms with van der Waals surface area (Å²) in [5.41, 5.74) is 0.440. The third-order valence-corrected chi connectivity index (χ3v) is 4.39. The van der Waals surface area contributed by atoms with Gasteiger partial charge >= 0.3 is 16.8 Å². The van der Waals surface area contributed by atoms with E-state index >= 15 is 0 Å². The summed E-state index contributed by atoms with van der Waals surface area (Å²) in [6.45, 7) is 8.87. The van der Waals surface area contributed by atoms with Crippen LogP contribution in [-0.2, 0) is 16.8 Å². The zero-order chi connectivity index (χ0) is 23.3. The van der Waals surface area contributed by atoms with Gasteiger partial charge in [-0.3, -0.25) is 0 Å². The predicted molar refractivity (Wildman–Crippen MR) is 122 cm³/mol. The molecule has 0 amide bonds. The summed E-state index contributed by atoms with van der Waals surface area (Å²) in [7, 11) is 0. The molecule has 1 aliphatic heterocycles. The fourth-order valence-electron chi connectivity index (χ4n) is 2.68. The summed E-state index contributed by atoms with van der Waals surface area (Å²) >= 11 is 0. The van der Waals surface area contributed by atoms with Crippen molar-refractivity contribution >= 4 is 11.9 Å². The summed E-state index contributed by atoms with van der Waals surface area (Å²) in [5.74, 6) is -2.26. The monoisotopic (exact) mass is 501 g/mol. The standard InChI is InChI=1S/C10H24N4.2C7H6O2.Co/c1-3-11-7-9-13-5-2-6-14-10-8-12-4-1;2*8-7(9)6-4-2-1-3-5-6;/h11-14H,1-10H2;2*1-5H,(H,8,9);/q;;;+2/p-2. The summed E-state index contributed by atoms with van der Waals surface area (Å²) in [4.78, 5) is 20.2. The van der Waals surface area contributed by atoms with E-state index in [1.54, 1.807) is 36.4 Å². The number of nitrogens with one attached hydrogen (secondary N) is 4. The molecule has 1 radical (unpaired) electrons. The molecule has 8 nitrogen and oxygen atoms in total. The molecule has 0 atom stereocenters. The van der Waals surface area contributed by atoms with Gasteiger partial charge < -0.3 is 41.1 Å². The van der Waals surface area contributed by atoms with Gasteiger partial charge in [0.2, 0.25) is 0 Å². The third-order valence-electron chi connectivity index (χ3n) is 4.39. The fraction of sp³-hybridized carbons (Fsp3) is 0.417. The quantitative estimate of drug-likeness (QED) is 0.423. The molecule has 0 aromatic heterocycles. The van der Waals surface area contributed by atoms with Crippen LogP contribution in [0, 0.1) is 0 Å². The van der Waals surface area contributed by atoms with Crippen molar-refractivity contribution in [2.75, 3.05) is 52.4 Å². The van der Waals surface area contributed by atoms with Crippen LogP contribution in [0.5, 0.6) is 0 Å². The fourth-order valence-corrected chi connectivity index (χ4v) is 2.68. The van der Waals surface area contributed by atoms with E-state index in [2.05, 4.69) is 21.3 Å². The van der Waals surface area contributed by atoms with Crippen LogP contribution in [0.2, 0.25) is 0 Å². The van der Waals surface area contributed by atoms with Gasteiger partial charge in [0.15, 0.2) is 0 Å². The second-order valence-corrected chi connectivity index (χ2v) is 7.01. The van der Waals surface area contributed by atoms with Gasteiger partial charge in [-0.1, -0.05) is 60.7 Å². The third kappa shape index (κ3) is 17.9. The van der Waals surface area contributed by atoms with Crippen LogP contribution in [-0.4, -0.2) is 64.3 Å². The van der Waals surface area contributed by atoms with Gasteiger partial charge in [-0.2, -0.15) is 0 Å². The van der Waals surface area contributed by atoms with Crippen molar-refractivity contribution in [2.45, 2.75) is 12.8 Å². The molecule has 0 bridgehead atoms. The minimum Gasteiger partial charge on any atom is -0.545 e. The Morgan fingerprint density at radius 2 is 0.788 bits per heavy atom. The van der Waals surface area contributed by atoms with Gasteiger partial charge in [0, 0.05) is 26.2 Å². The maximum absolute atomic E-state index is 10.1. The van der Waals surface area contributed by atoms with E-state index in [9.17, 15) is 19.8 Å². The Balaban J connectivity index is 0.000000476. The molecule has 1 aliphatic rings. The van der Waals surface area contributed by atoms with Gasteiger partial charge in [-0.25, -0.2) is 0 Å². The van der Waals surface area contributed by atoms with E-state index in [1.165, 1.54) is 37.1 Å². The normalized spacial score (nSPS) is 15.0. The van der Waals surface area contributed by atoms with E-state index < -0.39 is 11.9 Å². The van der Waals surface area contributed by atoms with Gasteiger partial charge in [0.1, 0.15) is 0 Å². The molecule has 2 aromatic rings. The molecule has 1 fully saturated rings. The summed E-state index contributed by atoms with van der Waals surface area (Å²) < 4.78 is 0. The number of carboxylic acid groups (broad SMARTS) is 2. The Bertz CT molecular complexity index is 633. The van der Waals surface area contributed by atoms with Gasteiger partial charge in [-0.15, -0.1) is 0 Å². The minimum absolute atomic E-state index is 0. The van der Waals surface area contributed by atoms with Crippen LogP contribution >= 0.6 is 0 Å². The van der Waals surface area contributed by atoms with Gasteiger partial charge in [0.25, 0.3) is 0 Å². The topological polar surface area (TPSA) is 128 Å². The molecular formula is C24H34CoN4O4. The van der Waals surface area contributed by atoms with Crippen LogP contribution < -0.4 is 31.5 Å². The molecule has 0 spiro atoms. The molecule has 33 heavy (non-hydrogen) atoms. The number of carbonyl (C=O) groups is 2. The van der Waals surface area contributed by atoms with Crippen molar-refractivity contribution in [2.24, 2.45) is 0 Å². The smallest absolute Gasteiger partial charge is 0.545 e. The van der Waals surface area contributed by atoms with E-state index in [0.29, 0.717) is 0 Å². The van der Waals surface area contributed by atoms with Gasteiger partial charge in [-0.05, 0) is 50.1 Å². The summed E-state index contributed by atoms with van der Waals surface area (Å²) in [6.07, 6.45) is 2.44. The molecule has 4 N–H and O–H groups in total. The molecule has 183 valence electrons. The van der Waals surface area contributed by atoms with Crippen LogP contribution in [0.1, 0.15) is 33.6 Å². The number of hydrogen-bond donors (Lipinski definition) is 4. The maximum Gasteiger partial charge on any atom is 2.00 e. The molecule has 0 unspecified atom stereocenters. The van der Waals surface area contributed by atoms with Crippen LogP contribution in [0.25, 0.3) is 0 Å². The Labute approximate surface area is 206 Å². The van der Waals surface area contributed by atoms with E-state index in [0.717, 1.165) is 52.4 Å². The largest absolute Gasteiger partial charge is 2.00 e. The summed E-state index contributed by atoms with van der Waals surface area (Å²) in [6, 6.07) is 16.1. The number of benzene rings is 2. The van der Waals surface area contributed by atoms with E-state index in [4.69, 9.17) is 0 Å². The van der Waals surface area contributed by atoms with E-state index in [1.807, 2.05) is 0 Å². The predicted octanol–water partition coefficient (Wildman–Crippen LogP) is -0.764. The zero-order valence-electron chi connectivity index (χ0n) is 18.8. The zero-order valence-corrected chi connectivity index (χ0v) is 19.9. The van der Waals surface area contributed by atoms with Crippen molar-refractivity contribution < 1.29 is 36.6 Å². The number of carboxylic acids is 2. The molecule has 2 aromatic carbocycles. The average molecular weight is 501 g/mol. The first-order chi connectivity index (χ1) is 15.6. The Morgan fingerprint density at radius 1 is 0.515 bits per heavy atom. The minimum atomic E-state index is -1.13. The van der Waals surface area contributed by atoms with Crippen molar-refractivity contribution in [3.8, 4) is 0 Å². The molecule has 1 heterocycles. The maximum atomic E-state index is 10.1. The Kier molecular flexibility index (Phi) is 20.1. The second-order valence-electron chi connectivity index (χ2n) is 7.01. The first kappa shape index (κ1) is 30.7. The molecule has 3 rings (SSSR count). The first-order valence-corrected chi connectivity index (χ1v) is 11.0. The Morgan fingerprint density at radius 3 is 1.00 bits per heavy atom. The average Bonchev–Trinajstić information content (AvgIpc) is 2.82. The molecular weight excluding hydrogens is 467 g/mol. The Hall–Kier alpha value is -2.27. The van der Waals surface area contributed by atoms with E-state index in [-0.39, 0.29) is 27.9 Å². The number of carbonyl (C=O) groups excluding carboxylic acids is 2.